The first-order valence-corrected chi connectivity index (χ1v) is 8.89. The van der Waals surface area contributed by atoms with Gasteiger partial charge in [0.15, 0.2) is 5.82 Å². The molecule has 24 heavy (non-hydrogen) atoms. The Morgan fingerprint density at radius 3 is 2.92 bits per heavy atom. The summed E-state index contributed by atoms with van der Waals surface area (Å²) in [6.07, 6.45) is 4.94. The summed E-state index contributed by atoms with van der Waals surface area (Å²) in [4.78, 5) is 21.5. The summed E-state index contributed by atoms with van der Waals surface area (Å²) < 4.78 is 1.93. The molecule has 2 aromatic heterocycles. The predicted octanol–water partition coefficient (Wildman–Crippen LogP) is 3.70. The molecule has 1 unspecified atom stereocenters. The van der Waals surface area contributed by atoms with Crippen LogP contribution < -0.4 is 5.56 Å². The van der Waals surface area contributed by atoms with E-state index in [0.717, 1.165) is 60.4 Å². The molecule has 0 saturated heterocycles. The van der Waals surface area contributed by atoms with Crippen LogP contribution in [0.3, 0.4) is 0 Å². The molecule has 0 radical (unpaired) electrons. The Balaban J connectivity index is 1.85. The highest BCUT2D eigenvalue weighted by Crippen LogP contribution is 2.37. The number of aromatic amines is 1. The van der Waals surface area contributed by atoms with Crippen LogP contribution in [0.2, 0.25) is 0 Å². The molecule has 122 valence electrons. The number of nitrogens with zero attached hydrogens (tertiary/aromatic N) is 2. The Bertz CT molecular complexity index is 1040. The first-order chi connectivity index (χ1) is 11.6. The van der Waals surface area contributed by atoms with Crippen LogP contribution in [-0.2, 0) is 19.3 Å². The van der Waals surface area contributed by atoms with Gasteiger partial charge in [0.2, 0.25) is 0 Å². The molecule has 1 aliphatic carbocycles. The molecule has 3 aromatic rings. The van der Waals surface area contributed by atoms with Crippen LogP contribution in [0.15, 0.2) is 23.0 Å². The van der Waals surface area contributed by atoms with Crippen molar-refractivity contribution in [3.05, 3.63) is 50.9 Å². The van der Waals surface area contributed by atoms with Crippen LogP contribution in [0.5, 0.6) is 0 Å². The Morgan fingerprint density at radius 2 is 2.04 bits per heavy atom. The Morgan fingerprint density at radius 1 is 1.21 bits per heavy atom. The van der Waals surface area contributed by atoms with Crippen molar-refractivity contribution < 1.29 is 0 Å². The minimum atomic E-state index is 0.152. The van der Waals surface area contributed by atoms with Gasteiger partial charge in [-0.3, -0.25) is 9.36 Å². The van der Waals surface area contributed by atoms with Crippen LogP contribution in [0.1, 0.15) is 48.2 Å². The van der Waals surface area contributed by atoms with E-state index in [1.54, 1.807) is 0 Å². The summed E-state index contributed by atoms with van der Waals surface area (Å²) >= 11 is 0. The highest BCUT2D eigenvalue weighted by molar-refractivity contribution is 5.90. The maximum atomic E-state index is 13.1. The number of fused-ring (bicyclic) bond motifs is 6. The van der Waals surface area contributed by atoms with Gasteiger partial charge in [-0.25, -0.2) is 4.98 Å². The number of nitrogens with one attached hydrogen (secondary N) is 1. The molecule has 4 nitrogen and oxygen atoms in total. The molecule has 0 fully saturated rings. The molecule has 0 spiro atoms. The molecule has 1 aromatic carbocycles. The van der Waals surface area contributed by atoms with Gasteiger partial charge >= 0.3 is 0 Å². The number of hydrogen-bond acceptors (Lipinski definition) is 2. The van der Waals surface area contributed by atoms with E-state index in [9.17, 15) is 4.79 Å². The van der Waals surface area contributed by atoms with Gasteiger partial charge in [0.25, 0.3) is 5.56 Å². The third-order valence-corrected chi connectivity index (χ3v) is 5.61. The average Bonchev–Trinajstić information content (AvgIpc) is 2.93. The van der Waals surface area contributed by atoms with Crippen LogP contribution in [-0.4, -0.2) is 14.5 Å². The zero-order chi connectivity index (χ0) is 16.4. The summed E-state index contributed by atoms with van der Waals surface area (Å²) in [7, 11) is 0. The van der Waals surface area contributed by atoms with Gasteiger partial charge in [0.05, 0.1) is 11.4 Å². The monoisotopic (exact) mass is 319 g/mol. The SMILES string of the molecule is Cc1ccc2[nH]c3c(c2c1)CC(C)n1c-3nc2c(c1=O)CCCC2. The number of rotatable bonds is 0. The standard InChI is InChI=1S/C20H21N3O/c1-11-7-8-17-14(9-11)15-10-12(2)23-19(18(15)21-17)22-16-6-4-3-5-13(16)20(23)24/h7-9,12,21H,3-6,10H2,1-2H3. The van der Waals surface area contributed by atoms with E-state index in [0.29, 0.717) is 0 Å². The molecule has 3 heterocycles. The summed E-state index contributed by atoms with van der Waals surface area (Å²) in [5.74, 6) is 0.836. The lowest BCUT2D eigenvalue weighted by molar-refractivity contribution is 0.499. The minimum Gasteiger partial charge on any atom is -0.352 e. The van der Waals surface area contributed by atoms with E-state index in [4.69, 9.17) is 4.98 Å². The van der Waals surface area contributed by atoms with Crippen molar-refractivity contribution in [2.24, 2.45) is 0 Å². The van der Waals surface area contributed by atoms with E-state index >= 15 is 0 Å². The lowest BCUT2D eigenvalue weighted by atomic mass is 9.94. The van der Waals surface area contributed by atoms with Crippen molar-refractivity contribution >= 4 is 10.9 Å². The number of aryl methyl sites for hydroxylation is 2. The lowest BCUT2D eigenvalue weighted by Crippen LogP contribution is -2.34. The fourth-order valence-electron chi connectivity index (χ4n) is 4.40. The molecule has 1 N–H and O–H groups in total. The van der Waals surface area contributed by atoms with Crippen LogP contribution >= 0.6 is 0 Å². The lowest BCUT2D eigenvalue weighted by Gasteiger charge is -2.27. The molecule has 0 saturated carbocycles. The molecular weight excluding hydrogens is 298 g/mol. The van der Waals surface area contributed by atoms with Crippen molar-refractivity contribution in [2.75, 3.05) is 0 Å². The summed E-state index contributed by atoms with van der Waals surface area (Å²) in [5.41, 5.74) is 6.90. The van der Waals surface area contributed by atoms with Gasteiger partial charge in [0.1, 0.15) is 0 Å². The van der Waals surface area contributed by atoms with Crippen LogP contribution in [0, 0.1) is 6.92 Å². The van der Waals surface area contributed by atoms with E-state index in [-0.39, 0.29) is 11.6 Å². The van der Waals surface area contributed by atoms with Crippen molar-refractivity contribution in [1.29, 1.82) is 0 Å². The Hall–Kier alpha value is -2.36. The summed E-state index contributed by atoms with van der Waals surface area (Å²) in [6.45, 7) is 4.26. The smallest absolute Gasteiger partial charge is 0.257 e. The highest BCUT2D eigenvalue weighted by atomic mass is 16.1. The topological polar surface area (TPSA) is 50.7 Å². The highest BCUT2D eigenvalue weighted by Gasteiger charge is 2.30. The maximum Gasteiger partial charge on any atom is 0.257 e. The molecule has 1 aliphatic heterocycles. The zero-order valence-corrected chi connectivity index (χ0v) is 14.1. The van der Waals surface area contributed by atoms with Crippen molar-refractivity contribution in [3.8, 4) is 11.5 Å². The first kappa shape index (κ1) is 14.0. The van der Waals surface area contributed by atoms with Crippen LogP contribution in [0.25, 0.3) is 22.4 Å². The second-order valence-corrected chi connectivity index (χ2v) is 7.32. The van der Waals surface area contributed by atoms with Gasteiger partial charge < -0.3 is 4.98 Å². The van der Waals surface area contributed by atoms with E-state index in [1.807, 2.05) is 4.57 Å². The third kappa shape index (κ3) is 1.80. The molecule has 1 atom stereocenters. The summed E-state index contributed by atoms with van der Waals surface area (Å²) in [5, 5.41) is 1.27. The van der Waals surface area contributed by atoms with Gasteiger partial charge in [0, 0.05) is 22.5 Å². The number of hydrogen-bond donors (Lipinski definition) is 1. The molecule has 2 aliphatic rings. The fourth-order valence-corrected chi connectivity index (χ4v) is 4.40. The second-order valence-electron chi connectivity index (χ2n) is 7.32. The van der Waals surface area contributed by atoms with Crippen LogP contribution in [0.4, 0.5) is 0 Å². The number of aromatic nitrogens is 3. The number of benzene rings is 1. The molecule has 4 heteroatoms. The van der Waals surface area contributed by atoms with Gasteiger partial charge in [-0.15, -0.1) is 0 Å². The molecule has 5 rings (SSSR count). The van der Waals surface area contributed by atoms with Crippen molar-refractivity contribution in [3.63, 3.8) is 0 Å². The first-order valence-electron chi connectivity index (χ1n) is 8.89. The average molecular weight is 319 g/mol. The fraction of sp³-hybridized carbons (Fsp3) is 0.400. The quantitative estimate of drug-likeness (QED) is 0.687. The second kappa shape index (κ2) is 4.82. The van der Waals surface area contributed by atoms with Gasteiger partial charge in [-0.2, -0.15) is 0 Å². The van der Waals surface area contributed by atoms with Gasteiger partial charge in [-0.1, -0.05) is 11.6 Å². The van der Waals surface area contributed by atoms with E-state index in [1.165, 1.54) is 16.5 Å². The predicted molar refractivity (Wildman–Crippen MR) is 95.6 cm³/mol. The molecule has 0 bridgehead atoms. The molecular formula is C20H21N3O. The van der Waals surface area contributed by atoms with Crippen molar-refractivity contribution in [2.45, 2.75) is 52.0 Å². The Labute approximate surface area is 140 Å². The normalized spacial score (nSPS) is 19.0. The van der Waals surface area contributed by atoms with Crippen molar-refractivity contribution in [1.82, 2.24) is 14.5 Å². The maximum absolute atomic E-state index is 13.1. The van der Waals surface area contributed by atoms with E-state index < -0.39 is 0 Å². The minimum absolute atomic E-state index is 0.152. The number of H-pyrrole nitrogens is 1. The summed E-state index contributed by atoms with van der Waals surface area (Å²) in [6, 6.07) is 6.65. The zero-order valence-electron chi connectivity index (χ0n) is 14.1. The Kier molecular flexibility index (Phi) is 2.82. The largest absolute Gasteiger partial charge is 0.352 e. The molecule has 0 amide bonds. The third-order valence-electron chi connectivity index (χ3n) is 5.61. The van der Waals surface area contributed by atoms with Gasteiger partial charge in [-0.05, 0) is 63.6 Å². The van der Waals surface area contributed by atoms with E-state index in [2.05, 4.69) is 37.0 Å².